The van der Waals surface area contributed by atoms with Crippen molar-refractivity contribution in [3.8, 4) is 6.07 Å². The van der Waals surface area contributed by atoms with Crippen molar-refractivity contribution in [2.45, 2.75) is 13.0 Å². The molecule has 0 aliphatic heterocycles. The molecule has 0 fully saturated rings. The van der Waals surface area contributed by atoms with Crippen LogP contribution in [0, 0.1) is 128 Å². The molecule has 0 spiro atoms. The molecule has 0 unspecified atom stereocenters. The highest BCUT2D eigenvalue weighted by Crippen LogP contribution is 2.31. The van der Waals surface area contributed by atoms with Gasteiger partial charge in [0.15, 0.2) is 87.5 Å². The quantitative estimate of drug-likeness (QED) is 0.0343. The van der Waals surface area contributed by atoms with E-state index in [0.29, 0.717) is 16.7 Å². The molecule has 0 amide bonds. The Morgan fingerprint density at radius 1 is 0.387 bits per heavy atom. The van der Waals surface area contributed by atoms with Crippen molar-refractivity contribution < 1.29 is 102 Å². The van der Waals surface area contributed by atoms with Gasteiger partial charge < -0.3 is 0 Å². The predicted octanol–water partition coefficient (Wildman–Crippen LogP) is 10.2. The first-order chi connectivity index (χ1) is 35.4. The molecule has 0 aliphatic carbocycles. The zero-order valence-electron chi connectivity index (χ0n) is 36.4. The zero-order valence-corrected chi connectivity index (χ0v) is 36.4. The van der Waals surface area contributed by atoms with Crippen LogP contribution in [-0.4, -0.2) is 17.7 Å². The summed E-state index contributed by atoms with van der Waals surface area (Å²) >= 11 is 0. The standard InChI is InChI=1S/C26H19N2O2.C24BF20/c27-17-19-10-12-22(13-11-19)25(29)16-24-23-9-5-4-6-20(23)14-15-28(24)18-26(30)21-7-2-1-3-8-21;26-5-1(6(27)14(35)21(42)13(5)34)25(2-7(28)15(36)22(43)16(37)8(2)29,3-9(30)17(38)23(44)18(39)10(3)31)4-11(32)19(40)24(45)20(41)12(4)33/h1-15H,16,18H2;/q+1;-1. The van der Waals surface area contributed by atoms with E-state index in [1.165, 1.54) is 0 Å². The third kappa shape index (κ3) is 8.96. The summed E-state index contributed by atoms with van der Waals surface area (Å²) in [6.07, 6.45) is -5.19. The normalized spacial score (nSPS) is 11.4. The summed E-state index contributed by atoms with van der Waals surface area (Å²) in [5.41, 5.74) is -11.8. The summed E-state index contributed by atoms with van der Waals surface area (Å²) in [6.45, 7) is 0.158. The number of carbonyl (C=O) groups excluding carboxylic acids is 2. The molecular formula is C50H19BF20N2O2. The molecule has 1 aromatic heterocycles. The van der Waals surface area contributed by atoms with Gasteiger partial charge in [-0.1, -0.05) is 60.7 Å². The molecule has 75 heavy (non-hydrogen) atoms. The van der Waals surface area contributed by atoms with Crippen LogP contribution < -0.4 is 26.4 Å². The summed E-state index contributed by atoms with van der Waals surface area (Å²) < 4.78 is 296. The topological polar surface area (TPSA) is 61.8 Å². The lowest BCUT2D eigenvalue weighted by Gasteiger charge is -2.44. The van der Waals surface area contributed by atoms with Crippen LogP contribution in [0.2, 0.25) is 0 Å². The average Bonchev–Trinajstić information content (AvgIpc) is 3.41. The average molecular weight is 1070 g/mol. The SMILES string of the molecule is Fc1c(F)c(F)c([B-](c2c(F)c(F)c(F)c(F)c2F)(c2c(F)c(F)c(F)c(F)c2F)c2c(F)c(F)c(F)c(F)c2F)c(F)c1F.N#Cc1ccc(C(=O)Cc2c3ccccc3cc[n+]2CC(=O)c2ccccc2)cc1. The van der Waals surface area contributed by atoms with Gasteiger partial charge in [-0.3, -0.25) is 9.59 Å². The minimum atomic E-state index is -7.22. The molecule has 0 aliphatic rings. The van der Waals surface area contributed by atoms with Crippen molar-refractivity contribution in [2.75, 3.05) is 0 Å². The van der Waals surface area contributed by atoms with Gasteiger partial charge in [0.25, 0.3) is 0 Å². The van der Waals surface area contributed by atoms with E-state index in [0.717, 1.165) is 16.5 Å². The lowest BCUT2D eigenvalue weighted by atomic mass is 9.12. The lowest BCUT2D eigenvalue weighted by Crippen LogP contribution is -2.81. The number of hydrogen-bond acceptors (Lipinski definition) is 3. The summed E-state index contributed by atoms with van der Waals surface area (Å²) in [7, 11) is 0. The number of nitriles is 1. The predicted molar refractivity (Wildman–Crippen MR) is 223 cm³/mol. The van der Waals surface area contributed by atoms with Crippen molar-refractivity contribution in [3.05, 3.63) is 230 Å². The lowest BCUT2D eigenvalue weighted by molar-refractivity contribution is -0.688. The molecular weight excluding hydrogens is 1050 g/mol. The number of aromatic nitrogens is 1. The molecule has 8 rings (SSSR count). The molecule has 384 valence electrons. The monoisotopic (exact) mass is 1070 g/mol. The molecule has 8 aromatic rings. The van der Waals surface area contributed by atoms with Crippen LogP contribution in [-0.2, 0) is 13.0 Å². The molecule has 0 N–H and O–H groups in total. The molecule has 0 saturated carbocycles. The van der Waals surface area contributed by atoms with Gasteiger partial charge in [0, 0.05) is 22.6 Å². The number of carbonyl (C=O) groups is 2. The number of nitrogens with zero attached hydrogens (tertiary/aromatic N) is 2. The van der Waals surface area contributed by atoms with Crippen LogP contribution in [0.3, 0.4) is 0 Å². The maximum atomic E-state index is 15.4. The Bertz CT molecular complexity index is 3340. The second-order valence-corrected chi connectivity index (χ2v) is 15.9. The maximum Gasteiger partial charge on any atom is 0.227 e. The van der Waals surface area contributed by atoms with Crippen molar-refractivity contribution >= 4 is 50.3 Å². The Hall–Kier alpha value is -8.56. The van der Waals surface area contributed by atoms with Gasteiger partial charge in [-0.15, -0.1) is 21.9 Å². The fourth-order valence-corrected chi connectivity index (χ4v) is 8.39. The molecule has 0 bridgehead atoms. The highest BCUT2D eigenvalue weighted by atomic mass is 19.2. The van der Waals surface area contributed by atoms with E-state index in [-0.39, 0.29) is 24.5 Å². The van der Waals surface area contributed by atoms with Crippen LogP contribution in [0.5, 0.6) is 0 Å². The third-order valence-electron chi connectivity index (χ3n) is 11.8. The summed E-state index contributed by atoms with van der Waals surface area (Å²) in [4.78, 5) is 25.8. The van der Waals surface area contributed by atoms with Crippen LogP contribution in [0.25, 0.3) is 10.8 Å². The number of rotatable bonds is 10. The second-order valence-electron chi connectivity index (χ2n) is 15.9. The fraction of sp³-hybridized carbons (Fsp3) is 0.0400. The number of benzene rings is 7. The maximum absolute atomic E-state index is 15.4. The number of Topliss-reactive ketones (excluding diaryl/α,β-unsaturated/α-hetero) is 2. The third-order valence-corrected chi connectivity index (χ3v) is 11.8. The van der Waals surface area contributed by atoms with Crippen LogP contribution in [0.1, 0.15) is 32.0 Å². The number of pyridine rings is 1. The van der Waals surface area contributed by atoms with E-state index in [9.17, 15) is 62.3 Å². The minimum Gasteiger partial charge on any atom is -0.294 e. The van der Waals surface area contributed by atoms with E-state index < -0.39 is 144 Å². The Morgan fingerprint density at radius 2 is 0.707 bits per heavy atom. The highest BCUT2D eigenvalue weighted by molar-refractivity contribution is 7.20. The molecule has 0 atom stereocenters. The van der Waals surface area contributed by atoms with E-state index in [1.807, 2.05) is 59.3 Å². The Morgan fingerprint density at radius 3 is 1.07 bits per heavy atom. The first-order valence-corrected chi connectivity index (χ1v) is 20.6. The first-order valence-electron chi connectivity index (χ1n) is 20.6. The molecule has 1 heterocycles. The van der Waals surface area contributed by atoms with Gasteiger partial charge in [-0.25, -0.2) is 87.8 Å². The van der Waals surface area contributed by atoms with E-state index >= 15 is 35.1 Å². The van der Waals surface area contributed by atoms with E-state index in [1.54, 1.807) is 36.4 Å². The van der Waals surface area contributed by atoms with Gasteiger partial charge in [0.2, 0.25) is 12.3 Å². The van der Waals surface area contributed by atoms with E-state index in [2.05, 4.69) is 6.07 Å². The van der Waals surface area contributed by atoms with Gasteiger partial charge in [-0.05, 0) is 23.6 Å². The zero-order chi connectivity index (χ0) is 55.3. The fourth-order valence-electron chi connectivity index (χ4n) is 8.39. The Labute approximate surface area is 405 Å². The summed E-state index contributed by atoms with van der Waals surface area (Å²) in [5.74, 6) is -71.5. The van der Waals surface area contributed by atoms with Crippen LogP contribution >= 0.6 is 0 Å². The smallest absolute Gasteiger partial charge is 0.227 e. The number of hydrogen-bond donors (Lipinski definition) is 0. The van der Waals surface area contributed by atoms with Crippen molar-refractivity contribution in [1.82, 2.24) is 0 Å². The van der Waals surface area contributed by atoms with Gasteiger partial charge in [-0.2, -0.15) is 9.83 Å². The van der Waals surface area contributed by atoms with Crippen LogP contribution in [0.15, 0.2) is 91.1 Å². The van der Waals surface area contributed by atoms with Gasteiger partial charge in [0.05, 0.1) is 18.1 Å². The number of fused-ring (bicyclic) bond motifs is 1. The molecule has 7 aromatic carbocycles. The second kappa shape index (κ2) is 20.8. The minimum absolute atomic E-state index is 0.0112. The summed E-state index contributed by atoms with van der Waals surface area (Å²) in [6, 6.07) is 27.7. The largest absolute Gasteiger partial charge is 0.294 e. The molecule has 25 heteroatoms. The van der Waals surface area contributed by atoms with Crippen LogP contribution in [0.4, 0.5) is 87.8 Å². The Kier molecular flexibility index (Phi) is 15.0. The molecule has 4 nitrogen and oxygen atoms in total. The Balaban J connectivity index is 0.000000236. The van der Waals surface area contributed by atoms with Crippen molar-refractivity contribution in [2.24, 2.45) is 0 Å². The molecule has 0 radical (unpaired) electrons. The highest BCUT2D eigenvalue weighted by Gasteiger charge is 2.52. The van der Waals surface area contributed by atoms with Crippen molar-refractivity contribution in [1.29, 1.82) is 5.26 Å². The van der Waals surface area contributed by atoms with Gasteiger partial charge >= 0.3 is 0 Å². The number of halogens is 20. The van der Waals surface area contributed by atoms with E-state index in [4.69, 9.17) is 5.26 Å². The number of ketones is 2. The molecule has 0 saturated heterocycles. The first kappa shape index (κ1) is 54.2. The van der Waals surface area contributed by atoms with Gasteiger partial charge in [0.1, 0.15) is 52.7 Å². The van der Waals surface area contributed by atoms with Crippen molar-refractivity contribution in [3.63, 3.8) is 0 Å². The summed E-state index contributed by atoms with van der Waals surface area (Å²) in [5, 5.41) is 10.9.